The molecule has 0 saturated carbocycles. The van der Waals surface area contributed by atoms with E-state index in [1.54, 1.807) is 12.1 Å². The Morgan fingerprint density at radius 1 is 1.04 bits per heavy atom. The number of benzene rings is 2. The van der Waals surface area contributed by atoms with Gasteiger partial charge >= 0.3 is 0 Å². The van der Waals surface area contributed by atoms with E-state index in [9.17, 15) is 14.9 Å². The fraction of sp³-hybridized carbons (Fsp3) is 0.318. The summed E-state index contributed by atoms with van der Waals surface area (Å²) in [6.07, 6.45) is 3.66. The third-order valence-corrected chi connectivity index (χ3v) is 4.85. The summed E-state index contributed by atoms with van der Waals surface area (Å²) in [4.78, 5) is 26.6. The van der Waals surface area contributed by atoms with Crippen molar-refractivity contribution in [3.8, 4) is 17.2 Å². The fourth-order valence-electron chi connectivity index (χ4n) is 3.41. The van der Waals surface area contributed by atoms with Gasteiger partial charge in [0.25, 0.3) is 5.91 Å². The van der Waals surface area contributed by atoms with Gasteiger partial charge in [0.1, 0.15) is 0 Å². The van der Waals surface area contributed by atoms with E-state index in [4.69, 9.17) is 0 Å². The van der Waals surface area contributed by atoms with Gasteiger partial charge in [-0.05, 0) is 30.5 Å². The fourth-order valence-corrected chi connectivity index (χ4v) is 3.41. The molecule has 1 fully saturated rings. The lowest BCUT2D eigenvalue weighted by Gasteiger charge is -2.20. The number of nitrogens with zero attached hydrogens (tertiary/aromatic N) is 2. The minimum absolute atomic E-state index is 0.171. The van der Waals surface area contributed by atoms with Crippen molar-refractivity contribution in [3.05, 3.63) is 59.7 Å². The van der Waals surface area contributed by atoms with Crippen LogP contribution in [0.5, 0.6) is 0 Å². The van der Waals surface area contributed by atoms with Crippen molar-refractivity contribution in [3.63, 3.8) is 0 Å². The van der Waals surface area contributed by atoms with Crippen LogP contribution in [0.4, 0.5) is 0 Å². The van der Waals surface area contributed by atoms with Crippen LogP contribution in [0.3, 0.4) is 0 Å². The Hall–Kier alpha value is -3.13. The van der Waals surface area contributed by atoms with Gasteiger partial charge in [-0.15, -0.1) is 0 Å². The van der Waals surface area contributed by atoms with Crippen LogP contribution < -0.4 is 5.32 Å². The molecule has 138 valence electrons. The van der Waals surface area contributed by atoms with Gasteiger partial charge in [0, 0.05) is 37.2 Å². The summed E-state index contributed by atoms with van der Waals surface area (Å²) in [6.45, 7) is 1.71. The number of nitrogens with one attached hydrogen (secondary N) is 1. The summed E-state index contributed by atoms with van der Waals surface area (Å²) in [5, 5.41) is 12.3. The highest BCUT2D eigenvalue weighted by Crippen LogP contribution is 2.26. The van der Waals surface area contributed by atoms with Crippen LogP contribution >= 0.6 is 0 Å². The first-order valence-corrected chi connectivity index (χ1v) is 9.35. The molecule has 1 aliphatic rings. The number of hydrogen-bond donors (Lipinski definition) is 1. The van der Waals surface area contributed by atoms with Gasteiger partial charge in [-0.1, -0.05) is 42.8 Å². The van der Waals surface area contributed by atoms with Gasteiger partial charge in [-0.3, -0.25) is 9.59 Å². The van der Waals surface area contributed by atoms with Crippen molar-refractivity contribution >= 4 is 11.8 Å². The molecule has 2 aromatic rings. The molecule has 1 N–H and O–H groups in total. The van der Waals surface area contributed by atoms with E-state index in [0.29, 0.717) is 30.6 Å². The first-order chi connectivity index (χ1) is 13.2. The number of carbonyl (C=O) groups excluding carboxylic acids is 2. The zero-order chi connectivity index (χ0) is 19.1. The number of hydrogen-bond acceptors (Lipinski definition) is 3. The van der Waals surface area contributed by atoms with E-state index >= 15 is 0 Å². The first kappa shape index (κ1) is 18.7. The second-order valence-corrected chi connectivity index (χ2v) is 6.65. The standard InChI is InChI=1S/C22H23N3O2/c23-16-17-8-3-4-9-18(17)19-10-5-6-11-20(19)22(27)24-13-15-25-14-7-1-2-12-21(25)26/h3-6,8-11H,1-2,7,12-15H2,(H,24,27). The molecule has 0 aromatic heterocycles. The van der Waals surface area contributed by atoms with Crippen LogP contribution in [0, 0.1) is 11.3 Å². The van der Waals surface area contributed by atoms with Crippen molar-refractivity contribution in [2.45, 2.75) is 25.7 Å². The van der Waals surface area contributed by atoms with Gasteiger partial charge in [0.05, 0.1) is 11.6 Å². The smallest absolute Gasteiger partial charge is 0.251 e. The number of carbonyl (C=O) groups is 2. The highest BCUT2D eigenvalue weighted by atomic mass is 16.2. The summed E-state index contributed by atoms with van der Waals surface area (Å²) in [6, 6.07) is 16.7. The molecule has 0 unspecified atom stereocenters. The Balaban J connectivity index is 1.71. The lowest BCUT2D eigenvalue weighted by atomic mass is 9.95. The Bertz CT molecular complexity index is 870. The van der Waals surface area contributed by atoms with E-state index in [2.05, 4.69) is 11.4 Å². The van der Waals surface area contributed by atoms with Crippen molar-refractivity contribution in [1.82, 2.24) is 10.2 Å². The molecule has 0 bridgehead atoms. The molecule has 5 nitrogen and oxygen atoms in total. The second-order valence-electron chi connectivity index (χ2n) is 6.65. The zero-order valence-electron chi connectivity index (χ0n) is 15.3. The third-order valence-electron chi connectivity index (χ3n) is 4.85. The van der Waals surface area contributed by atoms with Crippen LogP contribution in [-0.2, 0) is 4.79 Å². The lowest BCUT2D eigenvalue weighted by molar-refractivity contribution is -0.130. The largest absolute Gasteiger partial charge is 0.350 e. The lowest BCUT2D eigenvalue weighted by Crippen LogP contribution is -2.38. The molecular weight excluding hydrogens is 338 g/mol. The van der Waals surface area contributed by atoms with Crippen LogP contribution in [0.25, 0.3) is 11.1 Å². The molecule has 1 aliphatic heterocycles. The predicted octanol–water partition coefficient (Wildman–Crippen LogP) is 3.36. The van der Waals surface area contributed by atoms with Crippen LogP contribution in [-0.4, -0.2) is 36.3 Å². The quantitative estimate of drug-likeness (QED) is 0.887. The van der Waals surface area contributed by atoms with Crippen LogP contribution in [0.15, 0.2) is 48.5 Å². The Labute approximate surface area is 159 Å². The predicted molar refractivity (Wildman–Crippen MR) is 104 cm³/mol. The van der Waals surface area contributed by atoms with Gasteiger partial charge in [-0.25, -0.2) is 0 Å². The van der Waals surface area contributed by atoms with E-state index in [-0.39, 0.29) is 11.8 Å². The molecule has 5 heteroatoms. The first-order valence-electron chi connectivity index (χ1n) is 9.35. The van der Waals surface area contributed by atoms with Gasteiger partial charge < -0.3 is 10.2 Å². The average Bonchev–Trinajstić information content (AvgIpc) is 2.92. The summed E-state index contributed by atoms with van der Waals surface area (Å²) < 4.78 is 0. The number of rotatable bonds is 5. The number of nitriles is 1. The van der Waals surface area contributed by atoms with E-state index < -0.39 is 0 Å². The van der Waals surface area contributed by atoms with E-state index in [1.807, 2.05) is 41.3 Å². The van der Waals surface area contributed by atoms with Crippen molar-refractivity contribution in [1.29, 1.82) is 5.26 Å². The van der Waals surface area contributed by atoms with Gasteiger partial charge in [-0.2, -0.15) is 5.26 Å². The van der Waals surface area contributed by atoms with E-state index in [1.165, 1.54) is 0 Å². The molecule has 0 aliphatic carbocycles. The number of amides is 2. The zero-order valence-corrected chi connectivity index (χ0v) is 15.3. The maximum atomic E-state index is 12.7. The van der Waals surface area contributed by atoms with Crippen LogP contribution in [0.2, 0.25) is 0 Å². The highest BCUT2D eigenvalue weighted by molar-refractivity contribution is 6.01. The Kier molecular flexibility index (Phi) is 6.22. The molecule has 1 saturated heterocycles. The molecule has 1 heterocycles. The molecule has 3 rings (SSSR count). The maximum absolute atomic E-state index is 12.7. The highest BCUT2D eigenvalue weighted by Gasteiger charge is 2.18. The minimum Gasteiger partial charge on any atom is -0.350 e. The van der Waals surface area contributed by atoms with Gasteiger partial charge in [0.2, 0.25) is 5.91 Å². The van der Waals surface area contributed by atoms with Crippen molar-refractivity contribution in [2.24, 2.45) is 0 Å². The molecule has 2 amide bonds. The summed E-state index contributed by atoms with van der Waals surface area (Å²) >= 11 is 0. The van der Waals surface area contributed by atoms with E-state index in [0.717, 1.165) is 36.9 Å². The average molecular weight is 361 g/mol. The summed E-state index contributed by atoms with van der Waals surface area (Å²) in [5.41, 5.74) is 2.54. The molecular formula is C22H23N3O2. The molecule has 0 radical (unpaired) electrons. The molecule has 27 heavy (non-hydrogen) atoms. The van der Waals surface area contributed by atoms with Gasteiger partial charge in [0.15, 0.2) is 0 Å². The monoisotopic (exact) mass is 361 g/mol. The van der Waals surface area contributed by atoms with Crippen molar-refractivity contribution < 1.29 is 9.59 Å². The number of likely N-dealkylation sites (tertiary alicyclic amines) is 1. The molecule has 0 atom stereocenters. The Morgan fingerprint density at radius 3 is 2.59 bits per heavy atom. The summed E-state index contributed by atoms with van der Waals surface area (Å²) in [7, 11) is 0. The summed E-state index contributed by atoms with van der Waals surface area (Å²) in [5.74, 6) is -0.0225. The SMILES string of the molecule is N#Cc1ccccc1-c1ccccc1C(=O)NCCN1CCCCCC1=O. The maximum Gasteiger partial charge on any atom is 0.251 e. The third kappa shape index (κ3) is 4.53. The normalized spacial score (nSPS) is 14.3. The van der Waals surface area contributed by atoms with Crippen molar-refractivity contribution in [2.75, 3.05) is 19.6 Å². The van der Waals surface area contributed by atoms with Crippen LogP contribution in [0.1, 0.15) is 41.6 Å². The Morgan fingerprint density at radius 2 is 1.78 bits per heavy atom. The second kappa shape index (κ2) is 9.00. The molecule has 2 aromatic carbocycles. The minimum atomic E-state index is -0.194. The molecule has 0 spiro atoms. The topological polar surface area (TPSA) is 73.2 Å².